The van der Waals surface area contributed by atoms with Crippen LogP contribution in [0.5, 0.6) is 0 Å². The summed E-state index contributed by atoms with van der Waals surface area (Å²) >= 11 is 0. The lowest BCUT2D eigenvalue weighted by Crippen LogP contribution is -2.42. The molecule has 4 heteroatoms. The van der Waals surface area contributed by atoms with Gasteiger partial charge in [0.2, 0.25) is 0 Å². The lowest BCUT2D eigenvalue weighted by molar-refractivity contribution is -0.120. The van der Waals surface area contributed by atoms with Crippen LogP contribution in [0.2, 0.25) is 0 Å². The summed E-state index contributed by atoms with van der Waals surface area (Å²) in [5.74, 6) is 0. The molecule has 1 aliphatic heterocycles. The van der Waals surface area contributed by atoms with Crippen molar-refractivity contribution >= 4 is 0 Å². The molecule has 3 unspecified atom stereocenters. The summed E-state index contributed by atoms with van der Waals surface area (Å²) in [6, 6.07) is 0.180. The van der Waals surface area contributed by atoms with Crippen molar-refractivity contribution in [2.45, 2.75) is 51.2 Å². The Bertz CT molecular complexity index is 173. The first kappa shape index (κ1) is 12.9. The largest absolute Gasteiger partial charge is 0.374 e. The fourth-order valence-electron chi connectivity index (χ4n) is 1.95. The standard InChI is InChI=1S/C11H23NO3/c1-8-5-6-10(15-8)7-12-9(2)11(13-3)14-4/h8-12H,5-7H2,1-4H3. The van der Waals surface area contributed by atoms with Crippen LogP contribution in [0.15, 0.2) is 0 Å². The summed E-state index contributed by atoms with van der Waals surface area (Å²) < 4.78 is 16.1. The second kappa shape index (κ2) is 6.43. The zero-order valence-electron chi connectivity index (χ0n) is 10.2. The third-order valence-electron chi connectivity index (χ3n) is 2.86. The zero-order chi connectivity index (χ0) is 11.3. The molecule has 3 atom stereocenters. The van der Waals surface area contributed by atoms with Gasteiger partial charge in [-0.15, -0.1) is 0 Å². The van der Waals surface area contributed by atoms with Gasteiger partial charge in [-0.3, -0.25) is 0 Å². The maximum atomic E-state index is 5.71. The molecule has 0 amide bonds. The fourth-order valence-corrected chi connectivity index (χ4v) is 1.95. The predicted octanol–water partition coefficient (Wildman–Crippen LogP) is 1.15. The average molecular weight is 217 g/mol. The van der Waals surface area contributed by atoms with Crippen LogP contribution in [-0.4, -0.2) is 45.3 Å². The van der Waals surface area contributed by atoms with Crippen molar-refractivity contribution in [1.82, 2.24) is 5.32 Å². The van der Waals surface area contributed by atoms with Crippen molar-refractivity contribution in [3.05, 3.63) is 0 Å². The minimum atomic E-state index is -0.191. The Morgan fingerprint density at radius 3 is 2.47 bits per heavy atom. The quantitative estimate of drug-likeness (QED) is 0.678. The van der Waals surface area contributed by atoms with Crippen molar-refractivity contribution in [3.8, 4) is 0 Å². The van der Waals surface area contributed by atoms with E-state index >= 15 is 0 Å². The monoisotopic (exact) mass is 217 g/mol. The normalized spacial score (nSPS) is 28.6. The highest BCUT2D eigenvalue weighted by Crippen LogP contribution is 2.18. The summed E-state index contributed by atoms with van der Waals surface area (Å²) in [6.45, 7) is 5.04. The van der Waals surface area contributed by atoms with E-state index < -0.39 is 0 Å². The van der Waals surface area contributed by atoms with Crippen LogP contribution in [0.4, 0.5) is 0 Å². The zero-order valence-corrected chi connectivity index (χ0v) is 10.2. The van der Waals surface area contributed by atoms with Gasteiger partial charge >= 0.3 is 0 Å². The molecular formula is C11H23NO3. The van der Waals surface area contributed by atoms with Gasteiger partial charge < -0.3 is 19.5 Å². The minimum Gasteiger partial charge on any atom is -0.374 e. The first-order valence-corrected chi connectivity index (χ1v) is 5.61. The molecule has 4 nitrogen and oxygen atoms in total. The van der Waals surface area contributed by atoms with Gasteiger partial charge in [0.05, 0.1) is 18.2 Å². The topological polar surface area (TPSA) is 39.7 Å². The maximum Gasteiger partial charge on any atom is 0.171 e. The van der Waals surface area contributed by atoms with E-state index in [4.69, 9.17) is 14.2 Å². The van der Waals surface area contributed by atoms with Crippen molar-refractivity contribution in [3.63, 3.8) is 0 Å². The van der Waals surface area contributed by atoms with Crippen LogP contribution in [0.25, 0.3) is 0 Å². The molecule has 1 fully saturated rings. The summed E-state index contributed by atoms with van der Waals surface area (Å²) in [4.78, 5) is 0. The molecule has 0 bridgehead atoms. The highest BCUT2D eigenvalue weighted by molar-refractivity contribution is 4.75. The van der Waals surface area contributed by atoms with Gasteiger partial charge in [0.15, 0.2) is 6.29 Å². The SMILES string of the molecule is COC(OC)C(C)NCC1CCC(C)O1. The van der Waals surface area contributed by atoms with E-state index in [1.807, 2.05) is 0 Å². The third kappa shape index (κ3) is 4.07. The van der Waals surface area contributed by atoms with Crippen LogP contribution in [0.3, 0.4) is 0 Å². The first-order valence-electron chi connectivity index (χ1n) is 5.61. The molecule has 1 N–H and O–H groups in total. The second-order valence-corrected chi connectivity index (χ2v) is 4.18. The summed E-state index contributed by atoms with van der Waals surface area (Å²) in [5.41, 5.74) is 0. The summed E-state index contributed by atoms with van der Waals surface area (Å²) in [6.07, 6.45) is 2.87. The van der Waals surface area contributed by atoms with Gasteiger partial charge in [-0.2, -0.15) is 0 Å². The lowest BCUT2D eigenvalue weighted by atomic mass is 10.2. The Kier molecular flexibility index (Phi) is 5.53. The van der Waals surface area contributed by atoms with Crippen LogP contribution in [0.1, 0.15) is 26.7 Å². The van der Waals surface area contributed by atoms with Crippen molar-refractivity contribution < 1.29 is 14.2 Å². The lowest BCUT2D eigenvalue weighted by Gasteiger charge is -2.23. The minimum absolute atomic E-state index is 0.180. The predicted molar refractivity (Wildman–Crippen MR) is 58.8 cm³/mol. The second-order valence-electron chi connectivity index (χ2n) is 4.18. The Hall–Kier alpha value is -0.160. The van der Waals surface area contributed by atoms with Crippen molar-refractivity contribution in [2.75, 3.05) is 20.8 Å². The number of rotatable bonds is 6. The molecule has 1 aliphatic rings. The molecule has 0 aliphatic carbocycles. The van der Waals surface area contributed by atoms with Crippen molar-refractivity contribution in [1.29, 1.82) is 0 Å². The molecule has 1 saturated heterocycles. The molecule has 0 aromatic rings. The Balaban J connectivity index is 2.18. The van der Waals surface area contributed by atoms with Gasteiger partial charge in [-0.1, -0.05) is 0 Å². The van der Waals surface area contributed by atoms with Crippen LogP contribution < -0.4 is 5.32 Å². The fraction of sp³-hybridized carbons (Fsp3) is 1.00. The molecule has 15 heavy (non-hydrogen) atoms. The van der Waals surface area contributed by atoms with Crippen LogP contribution in [-0.2, 0) is 14.2 Å². The van der Waals surface area contributed by atoms with Gasteiger partial charge in [0.25, 0.3) is 0 Å². The highest BCUT2D eigenvalue weighted by atomic mass is 16.7. The first-order chi connectivity index (χ1) is 7.17. The smallest absolute Gasteiger partial charge is 0.171 e. The van der Waals surface area contributed by atoms with E-state index in [0.717, 1.165) is 13.0 Å². The van der Waals surface area contributed by atoms with Gasteiger partial charge in [-0.25, -0.2) is 0 Å². The van der Waals surface area contributed by atoms with E-state index in [1.165, 1.54) is 6.42 Å². The third-order valence-corrected chi connectivity index (χ3v) is 2.86. The van der Waals surface area contributed by atoms with Gasteiger partial charge in [-0.05, 0) is 26.7 Å². The molecule has 90 valence electrons. The molecule has 0 spiro atoms. The number of hydrogen-bond donors (Lipinski definition) is 1. The van der Waals surface area contributed by atoms with E-state index in [-0.39, 0.29) is 12.3 Å². The number of nitrogens with one attached hydrogen (secondary N) is 1. The Morgan fingerprint density at radius 1 is 1.33 bits per heavy atom. The summed E-state index contributed by atoms with van der Waals surface area (Å²) in [7, 11) is 3.31. The highest BCUT2D eigenvalue weighted by Gasteiger charge is 2.23. The van der Waals surface area contributed by atoms with E-state index in [2.05, 4.69) is 19.2 Å². The van der Waals surface area contributed by atoms with Gasteiger partial charge in [0.1, 0.15) is 0 Å². The maximum absolute atomic E-state index is 5.71. The van der Waals surface area contributed by atoms with Gasteiger partial charge in [0, 0.05) is 20.8 Å². The van der Waals surface area contributed by atoms with Crippen LogP contribution in [0, 0.1) is 0 Å². The molecule has 0 aromatic carbocycles. The van der Waals surface area contributed by atoms with Crippen molar-refractivity contribution in [2.24, 2.45) is 0 Å². The molecule has 1 rings (SSSR count). The summed E-state index contributed by atoms with van der Waals surface area (Å²) in [5, 5.41) is 3.37. The molecule has 1 heterocycles. The van der Waals surface area contributed by atoms with E-state index in [9.17, 15) is 0 Å². The van der Waals surface area contributed by atoms with E-state index in [1.54, 1.807) is 14.2 Å². The molecular weight excluding hydrogens is 194 g/mol. The number of hydrogen-bond acceptors (Lipinski definition) is 4. The molecule has 0 aromatic heterocycles. The average Bonchev–Trinajstić information content (AvgIpc) is 2.63. The number of methoxy groups -OCH3 is 2. The molecule has 0 radical (unpaired) electrons. The van der Waals surface area contributed by atoms with Crippen LogP contribution >= 0.6 is 0 Å². The number of ether oxygens (including phenoxy) is 3. The molecule has 0 saturated carbocycles. The Labute approximate surface area is 92.3 Å². The Morgan fingerprint density at radius 2 is 2.00 bits per heavy atom. The van der Waals surface area contributed by atoms with E-state index in [0.29, 0.717) is 12.2 Å².